The Balaban J connectivity index is 1.30. The molecule has 3 aromatic rings. The molecule has 0 amide bonds. The molecule has 0 saturated heterocycles. The predicted molar refractivity (Wildman–Crippen MR) is 286 cm³/mol. The van der Waals surface area contributed by atoms with Crippen LogP contribution >= 0.6 is 24.3 Å². The van der Waals surface area contributed by atoms with Gasteiger partial charge in [-0.05, 0) is 147 Å². The minimum Gasteiger partial charge on any atom is -0.426 e. The molecule has 4 fully saturated rings. The van der Waals surface area contributed by atoms with Gasteiger partial charge in [0.15, 0.2) is 7.14 Å². The van der Waals surface area contributed by atoms with E-state index in [0.717, 1.165) is 51.4 Å². The summed E-state index contributed by atoms with van der Waals surface area (Å²) < 4.78 is 60.5. The molecule has 0 aromatic heterocycles. The maximum absolute atomic E-state index is 17.0. The van der Waals surface area contributed by atoms with Crippen LogP contribution in [0.5, 0.6) is 11.5 Å². The molecular weight excluding hydrogens is 902 g/mol. The minimum absolute atomic E-state index is 0.00901. The third kappa shape index (κ3) is 13.4. The van der Waals surface area contributed by atoms with Gasteiger partial charge in [0.05, 0.1) is 35.0 Å². The zero-order valence-corrected chi connectivity index (χ0v) is 46.6. The van der Waals surface area contributed by atoms with E-state index in [-0.39, 0.29) is 24.4 Å². The SMILES string of the molecule is CC(C)C1CC[C@@H](C)C[C@H]1OP(Oc1ccccc1P(=O)(c1ccccc1)c1ccccc1OP(O[C@@H]1C[C@H](C)CC[C@H]1C(C)C)O[C@@H]1C[C@H](C)CC[C@H]1C(C)C)O[C@@H]1C[C@H](C)CC[C@H]1C(C)C. The van der Waals surface area contributed by atoms with Crippen molar-refractivity contribution < 1.29 is 31.7 Å². The van der Waals surface area contributed by atoms with Crippen LogP contribution in [0.2, 0.25) is 0 Å². The number of hydrogen-bond donors (Lipinski definition) is 0. The van der Waals surface area contributed by atoms with Crippen molar-refractivity contribution in [2.45, 2.75) is 185 Å². The summed E-state index contributed by atoms with van der Waals surface area (Å²) in [7, 11) is -7.50. The fourth-order valence-corrected chi connectivity index (χ4v) is 18.1. The summed E-state index contributed by atoms with van der Waals surface area (Å²) in [6, 6.07) is 25.7. The van der Waals surface area contributed by atoms with Crippen molar-refractivity contribution in [3.8, 4) is 11.5 Å². The average Bonchev–Trinajstić information content (AvgIpc) is 3.29. The smallest absolute Gasteiger partial charge is 0.397 e. The van der Waals surface area contributed by atoms with E-state index in [1.54, 1.807) is 0 Å². The average molecular weight is 991 g/mol. The number of benzene rings is 3. The van der Waals surface area contributed by atoms with Crippen molar-refractivity contribution in [3.05, 3.63) is 78.9 Å². The molecule has 0 N–H and O–H groups in total. The Bertz CT molecular complexity index is 1850. The first-order valence-electron chi connectivity index (χ1n) is 27.0. The lowest BCUT2D eigenvalue weighted by Gasteiger charge is -2.41. The van der Waals surface area contributed by atoms with Gasteiger partial charge in [-0.1, -0.05) is 163 Å². The Hall–Kier alpha value is -1.81. The number of para-hydroxylation sites is 2. The molecule has 68 heavy (non-hydrogen) atoms. The molecule has 10 heteroatoms. The molecule has 0 radical (unpaired) electrons. The molecule has 378 valence electrons. The van der Waals surface area contributed by atoms with Gasteiger partial charge in [0.2, 0.25) is 0 Å². The summed E-state index contributed by atoms with van der Waals surface area (Å²) in [5, 5.41) is 1.91. The fourth-order valence-electron chi connectivity index (χ4n) is 12.3. The van der Waals surface area contributed by atoms with E-state index in [4.69, 9.17) is 27.1 Å². The molecule has 0 bridgehead atoms. The van der Waals surface area contributed by atoms with Crippen LogP contribution in [0, 0.1) is 71.0 Å². The van der Waals surface area contributed by atoms with Crippen LogP contribution in [0.15, 0.2) is 78.9 Å². The van der Waals surface area contributed by atoms with E-state index in [1.807, 2.05) is 78.9 Å². The highest BCUT2D eigenvalue weighted by Gasteiger charge is 2.44. The van der Waals surface area contributed by atoms with E-state index >= 15 is 4.57 Å². The topological polar surface area (TPSA) is 72.5 Å². The standard InChI is InChI=1S/C58H89O7P3/c1-38(2)47-30-26-42(9)34-53(47)62-66(63-54-35-43(10)27-31-48(54)39(3)4)60-51-22-16-18-24-57(51)68(59,46-20-14-13-15-21-46)58-25-19-17-23-52(58)61-67(64-55-36-44(11)28-32-49(55)40(5)6)65-56-37-45(12)29-33-50(56)41(7)8/h13-25,38-45,47-50,53-56H,26-37H2,1-12H3/t42-,43-,44-,45-,47+,48+,49+,50?,53-,54-,55-,56-,67?,68?/m1/s1. The molecule has 3 unspecified atom stereocenters. The minimum atomic E-state index is -3.74. The molecule has 0 heterocycles. The molecule has 4 aliphatic rings. The summed E-state index contributed by atoms with van der Waals surface area (Å²) in [5.74, 6) is 6.79. The zero-order valence-electron chi connectivity index (χ0n) is 43.9. The van der Waals surface area contributed by atoms with Gasteiger partial charge in [0, 0.05) is 5.30 Å². The van der Waals surface area contributed by atoms with Gasteiger partial charge in [-0.15, -0.1) is 0 Å². The molecule has 14 atom stereocenters. The molecule has 4 aliphatic carbocycles. The van der Waals surface area contributed by atoms with E-state index < -0.39 is 24.3 Å². The van der Waals surface area contributed by atoms with Crippen LogP contribution < -0.4 is 25.0 Å². The lowest BCUT2D eigenvalue weighted by molar-refractivity contribution is -0.00309. The van der Waals surface area contributed by atoms with Crippen LogP contribution in [0.3, 0.4) is 0 Å². The largest absolute Gasteiger partial charge is 0.426 e. The Morgan fingerprint density at radius 2 is 0.691 bits per heavy atom. The van der Waals surface area contributed by atoms with E-state index in [2.05, 4.69) is 83.1 Å². The van der Waals surface area contributed by atoms with Gasteiger partial charge in [0.25, 0.3) is 0 Å². The lowest BCUT2D eigenvalue weighted by atomic mass is 9.75. The predicted octanol–water partition coefficient (Wildman–Crippen LogP) is 16.4. The van der Waals surface area contributed by atoms with Crippen LogP contribution in [0.1, 0.15) is 160 Å². The Labute approximate surface area is 416 Å². The van der Waals surface area contributed by atoms with Gasteiger partial charge < -0.3 is 13.6 Å². The third-order valence-corrected chi connectivity index (χ3v) is 22.2. The highest BCUT2D eigenvalue weighted by molar-refractivity contribution is 7.85. The number of hydrogen-bond acceptors (Lipinski definition) is 7. The third-order valence-electron chi connectivity index (χ3n) is 16.6. The van der Waals surface area contributed by atoms with Crippen molar-refractivity contribution in [2.75, 3.05) is 0 Å². The van der Waals surface area contributed by atoms with Crippen LogP contribution in [0.25, 0.3) is 0 Å². The van der Waals surface area contributed by atoms with Gasteiger partial charge >= 0.3 is 17.2 Å². The summed E-state index contributed by atoms with van der Waals surface area (Å²) in [5.41, 5.74) is 0. The highest BCUT2D eigenvalue weighted by atomic mass is 31.2. The maximum atomic E-state index is 17.0. The first-order valence-corrected chi connectivity index (χ1v) is 30.9. The lowest BCUT2D eigenvalue weighted by Crippen LogP contribution is -2.36. The zero-order chi connectivity index (χ0) is 48.7. The Morgan fingerprint density at radius 1 is 0.412 bits per heavy atom. The quantitative estimate of drug-likeness (QED) is 0.111. The summed E-state index contributed by atoms with van der Waals surface area (Å²) in [4.78, 5) is 0. The molecule has 7 nitrogen and oxygen atoms in total. The number of rotatable bonds is 19. The van der Waals surface area contributed by atoms with Crippen LogP contribution in [-0.2, 0) is 22.7 Å². The Kier molecular flexibility index (Phi) is 19.6. The van der Waals surface area contributed by atoms with E-state index in [1.165, 1.54) is 25.7 Å². The second-order valence-electron chi connectivity index (χ2n) is 23.4. The summed E-state index contributed by atoms with van der Waals surface area (Å²) in [6.07, 6.45) is 13.3. The Morgan fingerprint density at radius 3 is 0.985 bits per heavy atom. The van der Waals surface area contributed by atoms with Crippen molar-refractivity contribution in [1.82, 2.24) is 0 Å². The second kappa shape index (κ2) is 24.7. The van der Waals surface area contributed by atoms with Crippen LogP contribution in [0.4, 0.5) is 0 Å². The van der Waals surface area contributed by atoms with Crippen molar-refractivity contribution >= 4 is 40.3 Å². The molecule has 7 rings (SSSR count). The highest BCUT2D eigenvalue weighted by Crippen LogP contribution is 2.56. The molecule has 4 saturated carbocycles. The van der Waals surface area contributed by atoms with Gasteiger partial charge in [-0.25, -0.2) is 0 Å². The van der Waals surface area contributed by atoms with Gasteiger partial charge in [-0.3, -0.25) is 18.1 Å². The van der Waals surface area contributed by atoms with E-state index in [9.17, 15) is 0 Å². The summed E-state index contributed by atoms with van der Waals surface area (Å²) >= 11 is 0. The van der Waals surface area contributed by atoms with Crippen molar-refractivity contribution in [2.24, 2.45) is 71.0 Å². The molecule has 3 aromatic carbocycles. The summed E-state index contributed by atoms with van der Waals surface area (Å²) in [6.45, 7) is 28.0. The maximum Gasteiger partial charge on any atom is 0.397 e. The van der Waals surface area contributed by atoms with Crippen molar-refractivity contribution in [3.63, 3.8) is 0 Å². The van der Waals surface area contributed by atoms with Gasteiger partial charge in [-0.2, -0.15) is 0 Å². The van der Waals surface area contributed by atoms with Gasteiger partial charge in [0.1, 0.15) is 11.5 Å². The van der Waals surface area contributed by atoms with E-state index in [0.29, 0.717) is 98.4 Å². The van der Waals surface area contributed by atoms with Crippen molar-refractivity contribution in [1.29, 1.82) is 0 Å². The monoisotopic (exact) mass is 991 g/mol. The van der Waals surface area contributed by atoms with Crippen LogP contribution in [-0.4, -0.2) is 24.4 Å². The molecule has 0 spiro atoms. The fraction of sp³-hybridized carbons (Fsp3) is 0.690. The molecule has 0 aliphatic heterocycles. The first-order chi connectivity index (χ1) is 32.5. The second-order valence-corrected chi connectivity index (χ2v) is 28.2. The molecular formula is C58H89O7P3. The first kappa shape index (κ1) is 54.0. The normalized spacial score (nSPS) is 31.8.